The Labute approximate surface area is 123 Å². The van der Waals surface area contributed by atoms with Crippen LogP contribution in [0.4, 0.5) is 0 Å². The molecule has 110 valence electrons. The molecule has 2 aromatic heterocycles. The van der Waals surface area contributed by atoms with Crippen molar-refractivity contribution in [3.8, 4) is 0 Å². The van der Waals surface area contributed by atoms with Crippen LogP contribution in [0.5, 0.6) is 0 Å². The molecule has 0 aliphatic heterocycles. The normalized spacial score (nSPS) is 11.2. The maximum absolute atomic E-state index is 11.5. The monoisotopic (exact) mass is 297 g/mol. The van der Waals surface area contributed by atoms with Crippen molar-refractivity contribution in [3.05, 3.63) is 11.5 Å². The van der Waals surface area contributed by atoms with Crippen LogP contribution in [-0.4, -0.2) is 38.2 Å². The third-order valence-electron chi connectivity index (χ3n) is 3.36. The van der Waals surface area contributed by atoms with E-state index in [0.717, 1.165) is 29.1 Å². The van der Waals surface area contributed by atoms with Gasteiger partial charge in [-0.2, -0.15) is 5.10 Å². The number of nitrogens with zero attached hydrogens (tertiary/aromatic N) is 4. The van der Waals surface area contributed by atoms with Crippen LogP contribution < -0.4 is 5.32 Å². The van der Waals surface area contributed by atoms with Gasteiger partial charge in [0.15, 0.2) is 5.65 Å². The minimum absolute atomic E-state index is 0.0153. The minimum atomic E-state index is 0.0153. The highest BCUT2D eigenvalue weighted by molar-refractivity contribution is 6.17. The number of hydrogen-bond donors (Lipinski definition) is 1. The number of aromatic nitrogens is 4. The van der Waals surface area contributed by atoms with Crippen molar-refractivity contribution in [3.63, 3.8) is 0 Å². The zero-order valence-corrected chi connectivity index (χ0v) is 12.9. The molecule has 1 amide bonds. The summed E-state index contributed by atoms with van der Waals surface area (Å²) in [5.41, 5.74) is 2.87. The molecule has 0 bridgehead atoms. The number of imidazole rings is 1. The molecule has 0 spiro atoms. The Morgan fingerprint density at radius 3 is 2.80 bits per heavy atom. The molecule has 0 saturated carbocycles. The fourth-order valence-corrected chi connectivity index (χ4v) is 2.54. The first-order chi connectivity index (χ1) is 9.62. The zero-order valence-electron chi connectivity index (χ0n) is 12.1. The molecule has 0 aromatic carbocycles. The van der Waals surface area contributed by atoms with Gasteiger partial charge in [0.1, 0.15) is 11.3 Å². The summed E-state index contributed by atoms with van der Waals surface area (Å²) in [6.07, 6.45) is 1.95. The largest absolute Gasteiger partial charge is 0.359 e. The lowest BCUT2D eigenvalue weighted by atomic mass is 10.3. The second-order valence-corrected chi connectivity index (χ2v) is 5.02. The molecule has 2 aromatic rings. The van der Waals surface area contributed by atoms with Crippen LogP contribution >= 0.6 is 11.6 Å². The third-order valence-corrected chi connectivity index (χ3v) is 3.55. The van der Waals surface area contributed by atoms with Crippen LogP contribution in [0.3, 0.4) is 0 Å². The van der Waals surface area contributed by atoms with E-state index >= 15 is 0 Å². The Bertz CT molecular complexity index is 616. The summed E-state index contributed by atoms with van der Waals surface area (Å²) < 4.78 is 3.89. The van der Waals surface area contributed by atoms with Gasteiger partial charge in [-0.05, 0) is 6.42 Å². The van der Waals surface area contributed by atoms with Gasteiger partial charge < -0.3 is 9.88 Å². The number of fused-ring (bicyclic) bond motifs is 1. The maximum Gasteiger partial charge on any atom is 0.221 e. The van der Waals surface area contributed by atoms with E-state index in [1.165, 1.54) is 0 Å². The molecule has 6 nitrogen and oxygen atoms in total. The van der Waals surface area contributed by atoms with Crippen LogP contribution in [0.2, 0.25) is 0 Å². The molecule has 1 N–H and O–H groups in total. The van der Waals surface area contributed by atoms with Gasteiger partial charge in [-0.3, -0.25) is 9.48 Å². The van der Waals surface area contributed by atoms with E-state index in [4.69, 9.17) is 11.6 Å². The Morgan fingerprint density at radius 1 is 1.45 bits per heavy atom. The van der Waals surface area contributed by atoms with E-state index in [2.05, 4.69) is 26.9 Å². The highest BCUT2D eigenvalue weighted by Gasteiger charge is 2.18. The highest BCUT2D eigenvalue weighted by Crippen LogP contribution is 2.21. The standard InChI is InChI=1S/C13H20ClN5O/c1-4-9-12-13(18(3)17-9)19(8-6-11(20)15-2)10(16-12)5-7-14/h4-8H2,1-3H3,(H,15,20). The van der Waals surface area contributed by atoms with E-state index < -0.39 is 0 Å². The summed E-state index contributed by atoms with van der Waals surface area (Å²) in [7, 11) is 3.55. The third kappa shape index (κ3) is 2.65. The summed E-state index contributed by atoms with van der Waals surface area (Å²) in [5, 5.41) is 7.11. The Morgan fingerprint density at radius 2 is 2.20 bits per heavy atom. The molecule has 0 atom stereocenters. The number of halogens is 1. The molecule has 0 radical (unpaired) electrons. The molecule has 0 fully saturated rings. The lowest BCUT2D eigenvalue weighted by Gasteiger charge is -2.08. The maximum atomic E-state index is 11.5. The number of hydrogen-bond acceptors (Lipinski definition) is 3. The first-order valence-electron chi connectivity index (χ1n) is 6.79. The molecule has 0 aliphatic rings. The van der Waals surface area contributed by atoms with Gasteiger partial charge in [-0.15, -0.1) is 11.6 Å². The van der Waals surface area contributed by atoms with Crippen molar-refractivity contribution >= 4 is 28.7 Å². The average molecular weight is 298 g/mol. The zero-order chi connectivity index (χ0) is 14.7. The SMILES string of the molecule is CCc1nn(C)c2c1nc(CCCl)n2CCC(=O)NC. The van der Waals surface area contributed by atoms with Gasteiger partial charge in [0.05, 0.1) is 5.69 Å². The van der Waals surface area contributed by atoms with Crippen molar-refractivity contribution in [1.29, 1.82) is 0 Å². The first kappa shape index (κ1) is 14.8. The summed E-state index contributed by atoms with van der Waals surface area (Å²) in [4.78, 5) is 16.1. The van der Waals surface area contributed by atoms with Crippen LogP contribution in [0.1, 0.15) is 24.9 Å². The number of alkyl halides is 1. The molecule has 7 heteroatoms. The lowest BCUT2D eigenvalue weighted by molar-refractivity contribution is -0.120. The van der Waals surface area contributed by atoms with E-state index in [1.807, 2.05) is 11.7 Å². The molecule has 0 unspecified atom stereocenters. The topological polar surface area (TPSA) is 64.7 Å². The van der Waals surface area contributed by atoms with Gasteiger partial charge in [-0.1, -0.05) is 6.92 Å². The van der Waals surface area contributed by atoms with E-state index in [-0.39, 0.29) is 5.91 Å². The number of aryl methyl sites for hydroxylation is 4. The summed E-state index contributed by atoms with van der Waals surface area (Å²) >= 11 is 5.85. The summed E-state index contributed by atoms with van der Waals surface area (Å²) in [6.45, 7) is 2.65. The van der Waals surface area contributed by atoms with Gasteiger partial charge >= 0.3 is 0 Å². The molecular formula is C13H20ClN5O. The molecule has 2 heterocycles. The smallest absolute Gasteiger partial charge is 0.221 e. The molecular weight excluding hydrogens is 278 g/mol. The number of carbonyl (C=O) groups is 1. The van der Waals surface area contributed by atoms with Crippen molar-refractivity contribution in [2.45, 2.75) is 32.7 Å². The number of carbonyl (C=O) groups excluding carboxylic acids is 1. The predicted octanol–water partition coefficient (Wildman–Crippen LogP) is 1.25. The average Bonchev–Trinajstić information content (AvgIpc) is 2.94. The second kappa shape index (κ2) is 6.26. The van der Waals surface area contributed by atoms with Crippen molar-refractivity contribution in [2.75, 3.05) is 12.9 Å². The number of rotatable bonds is 6. The number of amides is 1. The fraction of sp³-hybridized carbons (Fsp3) is 0.615. The Kier molecular flexibility index (Phi) is 4.65. The summed E-state index contributed by atoms with van der Waals surface area (Å²) in [6, 6.07) is 0. The van der Waals surface area contributed by atoms with Gasteiger partial charge in [0, 0.05) is 39.4 Å². The van der Waals surface area contributed by atoms with Crippen molar-refractivity contribution < 1.29 is 4.79 Å². The first-order valence-corrected chi connectivity index (χ1v) is 7.33. The van der Waals surface area contributed by atoms with Gasteiger partial charge in [-0.25, -0.2) is 4.98 Å². The molecule has 20 heavy (non-hydrogen) atoms. The minimum Gasteiger partial charge on any atom is -0.359 e. The van der Waals surface area contributed by atoms with Crippen LogP contribution in [0, 0.1) is 0 Å². The second-order valence-electron chi connectivity index (χ2n) is 4.64. The quantitative estimate of drug-likeness (QED) is 0.816. The molecule has 0 saturated heterocycles. The summed E-state index contributed by atoms with van der Waals surface area (Å²) in [5.74, 6) is 1.45. The van der Waals surface area contributed by atoms with E-state index in [0.29, 0.717) is 25.3 Å². The van der Waals surface area contributed by atoms with Crippen LogP contribution in [0.25, 0.3) is 11.2 Å². The van der Waals surface area contributed by atoms with Crippen molar-refractivity contribution in [2.24, 2.45) is 7.05 Å². The Hall–Kier alpha value is -1.56. The van der Waals surface area contributed by atoms with Crippen LogP contribution in [0.15, 0.2) is 0 Å². The van der Waals surface area contributed by atoms with Crippen LogP contribution in [-0.2, 0) is 31.2 Å². The highest BCUT2D eigenvalue weighted by atomic mass is 35.5. The Balaban J connectivity index is 2.44. The molecule has 2 rings (SSSR count). The predicted molar refractivity (Wildman–Crippen MR) is 79.0 cm³/mol. The lowest BCUT2D eigenvalue weighted by Crippen LogP contribution is -2.20. The fourth-order valence-electron chi connectivity index (χ4n) is 2.37. The van der Waals surface area contributed by atoms with Crippen molar-refractivity contribution in [1.82, 2.24) is 24.6 Å². The molecule has 0 aliphatic carbocycles. The number of nitrogens with one attached hydrogen (secondary N) is 1. The van der Waals surface area contributed by atoms with Gasteiger partial charge in [0.25, 0.3) is 0 Å². The van der Waals surface area contributed by atoms with E-state index in [9.17, 15) is 4.79 Å². The van der Waals surface area contributed by atoms with E-state index in [1.54, 1.807) is 7.05 Å². The van der Waals surface area contributed by atoms with Gasteiger partial charge in [0.2, 0.25) is 5.91 Å².